The van der Waals surface area contributed by atoms with Crippen molar-refractivity contribution in [2.45, 2.75) is 110 Å². The largest absolute Gasteiger partial charge is 0.481 e. The summed E-state index contributed by atoms with van der Waals surface area (Å²) in [6.45, 7) is 6.75. The zero-order chi connectivity index (χ0) is 22.0. The van der Waals surface area contributed by atoms with Gasteiger partial charge in [-0.2, -0.15) is 0 Å². The second-order valence-corrected chi connectivity index (χ2v) is 12.6. The number of ether oxygens (including phenoxy) is 1. The molecule has 0 aromatic rings. The highest BCUT2D eigenvalue weighted by molar-refractivity contribution is 5.75. The van der Waals surface area contributed by atoms with Gasteiger partial charge in [0.15, 0.2) is 0 Å². The van der Waals surface area contributed by atoms with Crippen molar-refractivity contribution in [2.24, 2.45) is 45.8 Å². The minimum atomic E-state index is -0.703. The highest BCUT2D eigenvalue weighted by Gasteiger charge is 2.69. The molecular formula is C27H42O4. The first-order valence-electron chi connectivity index (χ1n) is 13.1. The van der Waals surface area contributed by atoms with Gasteiger partial charge in [-0.25, -0.2) is 0 Å². The Morgan fingerprint density at radius 2 is 1.61 bits per heavy atom. The first-order chi connectivity index (χ1) is 14.7. The second kappa shape index (κ2) is 7.48. The Hall–Kier alpha value is -1.06. The first-order valence-corrected chi connectivity index (χ1v) is 13.1. The lowest BCUT2D eigenvalue weighted by atomic mass is 9.40. The van der Waals surface area contributed by atoms with Gasteiger partial charge in [-0.15, -0.1) is 0 Å². The number of aliphatic carboxylic acids is 1. The van der Waals surface area contributed by atoms with E-state index in [0.717, 1.165) is 43.9 Å². The van der Waals surface area contributed by atoms with E-state index in [2.05, 4.69) is 13.8 Å². The Labute approximate surface area is 187 Å². The maximum atomic E-state index is 13.2. The lowest BCUT2D eigenvalue weighted by molar-refractivity contribution is -0.224. The molecule has 5 fully saturated rings. The van der Waals surface area contributed by atoms with E-state index < -0.39 is 11.4 Å². The quantitative estimate of drug-likeness (QED) is 0.540. The van der Waals surface area contributed by atoms with Gasteiger partial charge in [0.05, 0.1) is 11.3 Å². The molecule has 1 spiro atoms. The average Bonchev–Trinajstić information content (AvgIpc) is 2.98. The summed E-state index contributed by atoms with van der Waals surface area (Å²) < 4.78 is 6.42. The van der Waals surface area contributed by atoms with Crippen molar-refractivity contribution >= 4 is 11.9 Å². The van der Waals surface area contributed by atoms with Crippen molar-refractivity contribution in [3.8, 4) is 0 Å². The molecule has 0 amide bonds. The number of carboxylic acids is 1. The van der Waals surface area contributed by atoms with Crippen LogP contribution >= 0.6 is 0 Å². The van der Waals surface area contributed by atoms with E-state index in [1.807, 2.05) is 6.92 Å². The average molecular weight is 431 g/mol. The lowest BCUT2D eigenvalue weighted by Crippen LogP contribution is -2.64. The van der Waals surface area contributed by atoms with Crippen molar-refractivity contribution in [3.63, 3.8) is 0 Å². The summed E-state index contributed by atoms with van der Waals surface area (Å²) in [6.07, 6.45) is 13.9. The van der Waals surface area contributed by atoms with Crippen molar-refractivity contribution in [3.05, 3.63) is 0 Å². The van der Waals surface area contributed by atoms with E-state index in [1.165, 1.54) is 38.5 Å². The summed E-state index contributed by atoms with van der Waals surface area (Å²) in [5, 5.41) is 10.3. The summed E-state index contributed by atoms with van der Waals surface area (Å²) >= 11 is 0. The Kier molecular flexibility index (Phi) is 5.26. The number of hydrogen-bond donors (Lipinski definition) is 1. The Balaban J connectivity index is 1.49. The van der Waals surface area contributed by atoms with Crippen LogP contribution in [0.1, 0.15) is 104 Å². The van der Waals surface area contributed by atoms with Crippen LogP contribution in [0.15, 0.2) is 0 Å². The maximum Gasteiger partial charge on any atom is 0.309 e. The highest BCUT2D eigenvalue weighted by atomic mass is 16.5. The molecule has 1 N–H and O–H groups in total. The Bertz CT molecular complexity index is 738. The monoisotopic (exact) mass is 430 g/mol. The summed E-state index contributed by atoms with van der Waals surface area (Å²) in [6, 6.07) is 0. The molecule has 2 bridgehead atoms. The minimum absolute atomic E-state index is 0.0108. The molecule has 5 saturated carbocycles. The van der Waals surface area contributed by atoms with Crippen LogP contribution in [-0.2, 0) is 14.3 Å². The van der Waals surface area contributed by atoms with Gasteiger partial charge in [-0.05, 0) is 100 Å². The molecule has 0 aromatic carbocycles. The maximum absolute atomic E-state index is 13.2. The van der Waals surface area contributed by atoms with Crippen molar-refractivity contribution in [2.75, 3.05) is 0 Å². The van der Waals surface area contributed by atoms with Gasteiger partial charge in [0.2, 0.25) is 0 Å². The number of carbonyl (C=O) groups excluding carboxylic acids is 1. The van der Waals surface area contributed by atoms with Gasteiger partial charge in [0, 0.05) is 5.41 Å². The number of esters is 1. The molecule has 0 heterocycles. The zero-order valence-electron chi connectivity index (χ0n) is 19.8. The van der Waals surface area contributed by atoms with Crippen LogP contribution in [0.25, 0.3) is 0 Å². The standard InChI is InChI=1S/C27H42O4/c1-17-15-27-14-11-20-25(2,24(29)30)13-12-22(31-23(28)18-7-5-4-6-8-18)26(20,3)21(27)10-9-19(17)16-27/h17-22H,4-16H2,1-3H3,(H,29,30)/t17-,19-,20+,21-,22-,25+,26+,27+/m0/s1. The molecule has 5 aliphatic rings. The molecule has 0 radical (unpaired) electrons. The molecule has 4 heteroatoms. The molecule has 8 atom stereocenters. The van der Waals surface area contributed by atoms with Crippen LogP contribution in [0.5, 0.6) is 0 Å². The number of carboxylic acid groups (broad SMARTS) is 1. The van der Waals surface area contributed by atoms with E-state index in [0.29, 0.717) is 24.2 Å². The van der Waals surface area contributed by atoms with Crippen LogP contribution in [-0.4, -0.2) is 23.1 Å². The molecule has 5 aliphatic carbocycles. The minimum Gasteiger partial charge on any atom is -0.481 e. The fraction of sp³-hybridized carbons (Fsp3) is 0.926. The molecule has 31 heavy (non-hydrogen) atoms. The van der Waals surface area contributed by atoms with Crippen LogP contribution < -0.4 is 0 Å². The molecule has 0 unspecified atom stereocenters. The number of fused-ring (bicyclic) bond motifs is 3. The summed E-state index contributed by atoms with van der Waals surface area (Å²) in [5.41, 5.74) is -0.575. The summed E-state index contributed by atoms with van der Waals surface area (Å²) in [7, 11) is 0. The molecule has 174 valence electrons. The molecular weight excluding hydrogens is 388 g/mol. The van der Waals surface area contributed by atoms with Gasteiger partial charge >= 0.3 is 11.9 Å². The molecule has 0 saturated heterocycles. The van der Waals surface area contributed by atoms with Crippen molar-refractivity contribution in [1.29, 1.82) is 0 Å². The number of rotatable bonds is 3. The Morgan fingerprint density at radius 3 is 2.32 bits per heavy atom. The summed E-state index contributed by atoms with van der Waals surface area (Å²) in [5.74, 6) is 1.63. The third-order valence-electron chi connectivity index (χ3n) is 11.3. The number of carbonyl (C=O) groups is 2. The Morgan fingerprint density at radius 1 is 0.871 bits per heavy atom. The topological polar surface area (TPSA) is 63.6 Å². The zero-order valence-corrected chi connectivity index (χ0v) is 19.8. The van der Waals surface area contributed by atoms with Crippen molar-refractivity contribution < 1.29 is 19.4 Å². The molecule has 4 nitrogen and oxygen atoms in total. The van der Waals surface area contributed by atoms with Crippen molar-refractivity contribution in [1.82, 2.24) is 0 Å². The molecule has 0 aromatic heterocycles. The fourth-order valence-electron chi connectivity index (χ4n) is 9.69. The van der Waals surface area contributed by atoms with Gasteiger partial charge < -0.3 is 9.84 Å². The number of hydrogen-bond acceptors (Lipinski definition) is 3. The second-order valence-electron chi connectivity index (χ2n) is 12.6. The predicted octanol–water partition coefficient (Wildman–Crippen LogP) is 6.22. The summed E-state index contributed by atoms with van der Waals surface area (Å²) in [4.78, 5) is 25.7. The van der Waals surface area contributed by atoms with Crippen LogP contribution in [0.2, 0.25) is 0 Å². The van der Waals surface area contributed by atoms with Crippen LogP contribution in [0.4, 0.5) is 0 Å². The fourth-order valence-corrected chi connectivity index (χ4v) is 9.69. The SMILES string of the molecule is C[C@H]1C[C@@]23CC[C@H]4[C@@](C)([C@@H](OC(=O)C5CCCCC5)CC[C@@]4(C)C(=O)O)[C@@H]2CC[C@H]1C3. The van der Waals surface area contributed by atoms with Gasteiger partial charge in [-0.3, -0.25) is 9.59 Å². The predicted molar refractivity (Wildman–Crippen MR) is 119 cm³/mol. The third kappa shape index (κ3) is 3.13. The first kappa shape index (κ1) is 21.8. The van der Waals surface area contributed by atoms with Gasteiger partial charge in [0.25, 0.3) is 0 Å². The smallest absolute Gasteiger partial charge is 0.309 e. The van der Waals surface area contributed by atoms with E-state index in [1.54, 1.807) is 0 Å². The van der Waals surface area contributed by atoms with E-state index in [-0.39, 0.29) is 29.3 Å². The van der Waals surface area contributed by atoms with E-state index in [4.69, 9.17) is 4.74 Å². The highest BCUT2D eigenvalue weighted by Crippen LogP contribution is 2.72. The third-order valence-corrected chi connectivity index (χ3v) is 11.3. The van der Waals surface area contributed by atoms with Crippen LogP contribution in [0.3, 0.4) is 0 Å². The van der Waals surface area contributed by atoms with Gasteiger partial charge in [0.1, 0.15) is 6.10 Å². The normalized spacial score (nSPS) is 49.7. The van der Waals surface area contributed by atoms with E-state index >= 15 is 0 Å². The lowest BCUT2D eigenvalue weighted by Gasteiger charge is -2.65. The molecule has 0 aliphatic heterocycles. The van der Waals surface area contributed by atoms with E-state index in [9.17, 15) is 14.7 Å². The van der Waals surface area contributed by atoms with Crippen LogP contribution in [0, 0.1) is 45.8 Å². The molecule has 5 rings (SSSR count). The van der Waals surface area contributed by atoms with Gasteiger partial charge in [-0.1, -0.05) is 33.1 Å².